The first-order valence-corrected chi connectivity index (χ1v) is 4.06. The van der Waals surface area contributed by atoms with E-state index in [4.69, 9.17) is 11.6 Å². The van der Waals surface area contributed by atoms with Crippen LogP contribution in [0.2, 0.25) is 5.15 Å². The third kappa shape index (κ3) is 1.32. The molecule has 0 fully saturated rings. The van der Waals surface area contributed by atoms with Gasteiger partial charge in [0, 0.05) is 23.0 Å². The van der Waals surface area contributed by atoms with Crippen molar-refractivity contribution < 1.29 is 13.2 Å². The molecule has 0 saturated heterocycles. The molecule has 1 nitrogen and oxygen atoms in total. The van der Waals surface area contributed by atoms with Crippen LogP contribution in [0.1, 0.15) is 0 Å². The molecule has 0 unspecified atom stereocenters. The number of aromatic nitrogens is 1. The molecule has 0 aliphatic rings. The van der Waals surface area contributed by atoms with Crippen LogP contribution < -0.4 is 0 Å². The van der Waals surface area contributed by atoms with Gasteiger partial charge in [0.25, 0.3) is 0 Å². The predicted octanol–water partition coefficient (Wildman–Crippen LogP) is 3.31. The van der Waals surface area contributed by atoms with E-state index in [1.54, 1.807) is 0 Å². The van der Waals surface area contributed by atoms with Gasteiger partial charge in [-0.25, -0.2) is 18.2 Å². The number of hydrogen-bond acceptors (Lipinski definition) is 1. The highest BCUT2D eigenvalue weighted by molar-refractivity contribution is 6.30. The van der Waals surface area contributed by atoms with Gasteiger partial charge in [0.15, 0.2) is 11.6 Å². The Morgan fingerprint density at radius 2 is 1.71 bits per heavy atom. The van der Waals surface area contributed by atoms with Gasteiger partial charge in [-0.15, -0.1) is 0 Å². The van der Waals surface area contributed by atoms with E-state index in [2.05, 4.69) is 4.98 Å². The van der Waals surface area contributed by atoms with Crippen LogP contribution in [-0.4, -0.2) is 4.98 Å². The number of hydrogen-bond donors (Lipinski definition) is 0. The summed E-state index contributed by atoms with van der Waals surface area (Å²) in [4.78, 5) is 3.54. The first kappa shape index (κ1) is 9.27. The van der Waals surface area contributed by atoms with E-state index in [9.17, 15) is 13.2 Å². The highest BCUT2D eigenvalue weighted by atomic mass is 35.5. The molecule has 1 aromatic carbocycles. The Morgan fingerprint density at radius 1 is 1.00 bits per heavy atom. The normalized spacial score (nSPS) is 10.9. The second kappa shape index (κ2) is 3.13. The first-order valence-electron chi connectivity index (χ1n) is 3.68. The first-order chi connectivity index (χ1) is 6.59. The lowest BCUT2D eigenvalue weighted by atomic mass is 10.1. The molecule has 0 N–H and O–H groups in total. The Bertz CT molecular complexity index is 513. The Hall–Kier alpha value is -1.29. The minimum Gasteiger partial charge on any atom is -0.244 e. The van der Waals surface area contributed by atoms with E-state index in [-0.39, 0.29) is 15.9 Å². The summed E-state index contributed by atoms with van der Waals surface area (Å²) < 4.78 is 38.9. The molecule has 1 heterocycles. The molecule has 0 aliphatic carbocycles. The summed E-state index contributed by atoms with van der Waals surface area (Å²) in [5, 5.41) is -0.266. The van der Waals surface area contributed by atoms with Crippen molar-refractivity contribution >= 4 is 22.4 Å². The fraction of sp³-hybridized carbons (Fsp3) is 0. The van der Waals surface area contributed by atoms with E-state index in [1.807, 2.05) is 0 Å². The fourth-order valence-corrected chi connectivity index (χ4v) is 1.34. The third-order valence-corrected chi connectivity index (χ3v) is 2.03. The Balaban J connectivity index is 2.94. The van der Waals surface area contributed by atoms with Crippen molar-refractivity contribution in [2.45, 2.75) is 0 Å². The van der Waals surface area contributed by atoms with Gasteiger partial charge in [0.05, 0.1) is 0 Å². The monoisotopic (exact) mass is 217 g/mol. The number of halogens is 4. The molecule has 2 aromatic rings. The van der Waals surface area contributed by atoms with Gasteiger partial charge in [0.1, 0.15) is 11.0 Å². The second-order valence-corrected chi connectivity index (χ2v) is 3.09. The number of rotatable bonds is 0. The lowest BCUT2D eigenvalue weighted by Gasteiger charge is -2.01. The van der Waals surface area contributed by atoms with Crippen LogP contribution in [0.25, 0.3) is 10.8 Å². The average molecular weight is 218 g/mol. The van der Waals surface area contributed by atoms with Crippen LogP contribution in [-0.2, 0) is 0 Å². The molecule has 1 aromatic heterocycles. The Kier molecular flexibility index (Phi) is 2.07. The highest BCUT2D eigenvalue weighted by Crippen LogP contribution is 2.24. The van der Waals surface area contributed by atoms with Crippen molar-refractivity contribution in [3.05, 3.63) is 40.9 Å². The lowest BCUT2D eigenvalue weighted by molar-refractivity contribution is 0.505. The molecule has 0 saturated carbocycles. The standard InChI is InChI=1S/C9H3ClF3N/c10-8-1-4-5(3-14-8)9(13)7(12)2-6(4)11/h1-3H. The maximum atomic E-state index is 13.1. The third-order valence-electron chi connectivity index (χ3n) is 1.83. The van der Waals surface area contributed by atoms with Crippen LogP contribution in [0, 0.1) is 17.5 Å². The van der Waals surface area contributed by atoms with E-state index in [0.29, 0.717) is 6.07 Å². The zero-order chi connectivity index (χ0) is 10.3. The highest BCUT2D eigenvalue weighted by Gasteiger charge is 2.12. The molecule has 72 valence electrons. The maximum Gasteiger partial charge on any atom is 0.168 e. The quantitative estimate of drug-likeness (QED) is 0.487. The molecular formula is C9H3ClF3N. The number of nitrogens with zero attached hydrogens (tertiary/aromatic N) is 1. The predicted molar refractivity (Wildman–Crippen MR) is 46.6 cm³/mol. The minimum atomic E-state index is -1.24. The molecule has 0 radical (unpaired) electrons. The van der Waals surface area contributed by atoms with Gasteiger partial charge in [-0.1, -0.05) is 11.6 Å². The van der Waals surface area contributed by atoms with Crippen molar-refractivity contribution in [2.75, 3.05) is 0 Å². The van der Waals surface area contributed by atoms with Gasteiger partial charge in [-0.2, -0.15) is 0 Å². The minimum absolute atomic E-state index is 0.0300. The zero-order valence-corrected chi connectivity index (χ0v) is 7.45. The topological polar surface area (TPSA) is 12.9 Å². The molecule has 0 bridgehead atoms. The van der Waals surface area contributed by atoms with Crippen molar-refractivity contribution in [3.8, 4) is 0 Å². The van der Waals surface area contributed by atoms with Crippen molar-refractivity contribution in [1.82, 2.24) is 4.98 Å². The van der Waals surface area contributed by atoms with Crippen LogP contribution in [0.15, 0.2) is 18.3 Å². The number of pyridine rings is 1. The molecule has 0 atom stereocenters. The van der Waals surface area contributed by atoms with E-state index >= 15 is 0 Å². The SMILES string of the molecule is Fc1cc(F)c2cc(Cl)ncc2c1F. The van der Waals surface area contributed by atoms with E-state index in [0.717, 1.165) is 12.3 Å². The number of benzene rings is 1. The van der Waals surface area contributed by atoms with Crippen molar-refractivity contribution in [3.63, 3.8) is 0 Å². The van der Waals surface area contributed by atoms with Gasteiger partial charge < -0.3 is 0 Å². The van der Waals surface area contributed by atoms with Crippen LogP contribution in [0.4, 0.5) is 13.2 Å². The van der Waals surface area contributed by atoms with Crippen LogP contribution >= 0.6 is 11.6 Å². The summed E-state index contributed by atoms with van der Waals surface area (Å²) in [7, 11) is 0. The summed E-state index contributed by atoms with van der Waals surface area (Å²) in [6.07, 6.45) is 0.999. The molecule has 14 heavy (non-hydrogen) atoms. The van der Waals surface area contributed by atoms with E-state index < -0.39 is 17.5 Å². The average Bonchev–Trinajstić information content (AvgIpc) is 2.14. The van der Waals surface area contributed by atoms with Crippen LogP contribution in [0.3, 0.4) is 0 Å². The van der Waals surface area contributed by atoms with Crippen molar-refractivity contribution in [1.29, 1.82) is 0 Å². The van der Waals surface area contributed by atoms with E-state index in [1.165, 1.54) is 0 Å². The number of fused-ring (bicyclic) bond motifs is 1. The molecular weight excluding hydrogens is 215 g/mol. The van der Waals surface area contributed by atoms with Gasteiger partial charge in [-0.3, -0.25) is 0 Å². The summed E-state index contributed by atoms with van der Waals surface area (Å²) in [5.41, 5.74) is 0. The Morgan fingerprint density at radius 3 is 2.43 bits per heavy atom. The van der Waals surface area contributed by atoms with Gasteiger partial charge in [0.2, 0.25) is 0 Å². The molecule has 0 spiro atoms. The summed E-state index contributed by atoms with van der Waals surface area (Å²) >= 11 is 5.49. The maximum absolute atomic E-state index is 13.1. The zero-order valence-electron chi connectivity index (χ0n) is 6.69. The Labute approximate surface area is 82.1 Å². The summed E-state index contributed by atoms with van der Waals surface area (Å²) in [5.74, 6) is -3.21. The lowest BCUT2D eigenvalue weighted by Crippen LogP contribution is -1.91. The second-order valence-electron chi connectivity index (χ2n) is 2.71. The van der Waals surface area contributed by atoms with Crippen molar-refractivity contribution in [2.24, 2.45) is 0 Å². The fourth-order valence-electron chi connectivity index (χ4n) is 1.18. The van der Waals surface area contributed by atoms with Gasteiger partial charge >= 0.3 is 0 Å². The largest absolute Gasteiger partial charge is 0.244 e. The molecule has 2 rings (SSSR count). The van der Waals surface area contributed by atoms with Gasteiger partial charge in [-0.05, 0) is 6.07 Å². The molecule has 0 amide bonds. The molecule has 5 heteroatoms. The smallest absolute Gasteiger partial charge is 0.168 e. The van der Waals surface area contributed by atoms with Crippen LogP contribution in [0.5, 0.6) is 0 Å². The summed E-state index contributed by atoms with van der Waals surface area (Å²) in [6, 6.07) is 1.63. The molecule has 0 aliphatic heterocycles. The summed E-state index contributed by atoms with van der Waals surface area (Å²) in [6.45, 7) is 0.